The third kappa shape index (κ3) is 1.81. The van der Waals surface area contributed by atoms with Crippen LogP contribution < -0.4 is 0 Å². The number of nitrogens with zero attached hydrogens (tertiary/aromatic N) is 2. The SMILES string of the molecule is O=C(C1CCc2cccnc21)N1CCC[C@@H]1CO. The van der Waals surface area contributed by atoms with Gasteiger partial charge >= 0.3 is 0 Å². The summed E-state index contributed by atoms with van der Waals surface area (Å²) in [6, 6.07) is 4.01. The van der Waals surface area contributed by atoms with Crippen LogP contribution in [-0.4, -0.2) is 40.1 Å². The minimum Gasteiger partial charge on any atom is -0.394 e. The van der Waals surface area contributed by atoms with Crippen molar-refractivity contribution in [2.24, 2.45) is 0 Å². The van der Waals surface area contributed by atoms with Gasteiger partial charge in [0.05, 0.1) is 24.3 Å². The lowest BCUT2D eigenvalue weighted by Gasteiger charge is -2.26. The molecular formula is C14H18N2O2. The van der Waals surface area contributed by atoms with E-state index >= 15 is 0 Å². The highest BCUT2D eigenvalue weighted by molar-refractivity contribution is 5.85. The summed E-state index contributed by atoms with van der Waals surface area (Å²) in [5.74, 6) is 0.0670. The Hall–Kier alpha value is -1.42. The van der Waals surface area contributed by atoms with Gasteiger partial charge in [-0.15, -0.1) is 0 Å². The third-order valence-corrected chi connectivity index (χ3v) is 4.13. The molecule has 96 valence electrons. The molecule has 4 nitrogen and oxygen atoms in total. The van der Waals surface area contributed by atoms with Crippen LogP contribution in [-0.2, 0) is 11.2 Å². The van der Waals surface area contributed by atoms with E-state index in [1.165, 1.54) is 5.56 Å². The molecule has 1 amide bonds. The molecule has 1 aromatic rings. The van der Waals surface area contributed by atoms with Gasteiger partial charge in [-0.05, 0) is 37.3 Å². The average Bonchev–Trinajstić information content (AvgIpc) is 3.04. The Kier molecular flexibility index (Phi) is 3.04. The Morgan fingerprint density at radius 2 is 2.39 bits per heavy atom. The van der Waals surface area contributed by atoms with E-state index < -0.39 is 0 Å². The number of carbonyl (C=O) groups excluding carboxylic acids is 1. The van der Waals surface area contributed by atoms with E-state index in [-0.39, 0.29) is 24.5 Å². The highest BCUT2D eigenvalue weighted by atomic mass is 16.3. The van der Waals surface area contributed by atoms with Gasteiger partial charge in [-0.2, -0.15) is 0 Å². The van der Waals surface area contributed by atoms with E-state index in [2.05, 4.69) is 11.1 Å². The number of pyridine rings is 1. The largest absolute Gasteiger partial charge is 0.394 e. The van der Waals surface area contributed by atoms with Crippen molar-refractivity contribution in [3.05, 3.63) is 29.6 Å². The number of rotatable bonds is 2. The summed E-state index contributed by atoms with van der Waals surface area (Å²) in [5.41, 5.74) is 2.15. The van der Waals surface area contributed by atoms with Crippen LogP contribution in [0, 0.1) is 0 Å². The molecular weight excluding hydrogens is 228 g/mol. The first kappa shape index (κ1) is 11.7. The van der Waals surface area contributed by atoms with Crippen LogP contribution in [0.3, 0.4) is 0 Å². The molecule has 1 aromatic heterocycles. The second-order valence-corrected chi connectivity index (χ2v) is 5.15. The Morgan fingerprint density at radius 1 is 1.50 bits per heavy atom. The van der Waals surface area contributed by atoms with Gasteiger partial charge in [0, 0.05) is 12.7 Å². The fourth-order valence-corrected chi connectivity index (χ4v) is 3.17. The standard InChI is InChI=1S/C14H18N2O2/c17-9-11-4-2-8-16(11)14(18)12-6-5-10-3-1-7-15-13(10)12/h1,3,7,11-12,17H,2,4-6,8-9H2/t11-,12?/m1/s1. The topological polar surface area (TPSA) is 53.4 Å². The van der Waals surface area contributed by atoms with Crippen molar-refractivity contribution >= 4 is 5.91 Å². The summed E-state index contributed by atoms with van der Waals surface area (Å²) < 4.78 is 0. The van der Waals surface area contributed by atoms with Crippen LogP contribution >= 0.6 is 0 Å². The zero-order chi connectivity index (χ0) is 12.5. The lowest BCUT2D eigenvalue weighted by Crippen LogP contribution is -2.40. The van der Waals surface area contributed by atoms with Crippen LogP contribution in [0.5, 0.6) is 0 Å². The van der Waals surface area contributed by atoms with E-state index in [9.17, 15) is 9.90 Å². The predicted octanol–water partition coefficient (Wildman–Crippen LogP) is 1.09. The van der Waals surface area contributed by atoms with Gasteiger partial charge in [0.1, 0.15) is 0 Å². The molecule has 4 heteroatoms. The van der Waals surface area contributed by atoms with Crippen molar-refractivity contribution in [2.75, 3.05) is 13.2 Å². The highest BCUT2D eigenvalue weighted by Gasteiger charge is 2.37. The number of fused-ring (bicyclic) bond motifs is 1. The van der Waals surface area contributed by atoms with E-state index in [0.29, 0.717) is 0 Å². The lowest BCUT2D eigenvalue weighted by atomic mass is 10.0. The number of carbonyl (C=O) groups is 1. The van der Waals surface area contributed by atoms with E-state index in [1.54, 1.807) is 6.20 Å². The molecule has 1 unspecified atom stereocenters. The molecule has 1 fully saturated rings. The molecule has 2 aliphatic rings. The Bertz CT molecular complexity index is 461. The Labute approximate surface area is 107 Å². The van der Waals surface area contributed by atoms with Gasteiger partial charge < -0.3 is 10.0 Å². The summed E-state index contributed by atoms with van der Waals surface area (Å²) in [7, 11) is 0. The minimum absolute atomic E-state index is 0.0188. The maximum Gasteiger partial charge on any atom is 0.232 e. The van der Waals surface area contributed by atoms with Crippen molar-refractivity contribution in [3.8, 4) is 0 Å². The highest BCUT2D eigenvalue weighted by Crippen LogP contribution is 2.34. The summed E-state index contributed by atoms with van der Waals surface area (Å²) in [5, 5.41) is 9.31. The second-order valence-electron chi connectivity index (χ2n) is 5.15. The van der Waals surface area contributed by atoms with Crippen LogP contribution in [0.25, 0.3) is 0 Å². The quantitative estimate of drug-likeness (QED) is 0.850. The van der Waals surface area contributed by atoms with Gasteiger partial charge in [0.25, 0.3) is 0 Å². The number of aliphatic hydroxyl groups is 1. The number of aryl methyl sites for hydroxylation is 1. The van der Waals surface area contributed by atoms with Crippen molar-refractivity contribution in [3.63, 3.8) is 0 Å². The number of hydrogen-bond donors (Lipinski definition) is 1. The number of aromatic nitrogens is 1. The van der Waals surface area contributed by atoms with Gasteiger partial charge in [-0.1, -0.05) is 6.07 Å². The Balaban J connectivity index is 1.82. The normalized spacial score (nSPS) is 26.4. The molecule has 1 aliphatic heterocycles. The summed E-state index contributed by atoms with van der Waals surface area (Å²) in [6.45, 7) is 0.857. The summed E-state index contributed by atoms with van der Waals surface area (Å²) in [4.78, 5) is 18.8. The molecule has 0 radical (unpaired) electrons. The van der Waals surface area contributed by atoms with Crippen molar-refractivity contribution in [1.82, 2.24) is 9.88 Å². The van der Waals surface area contributed by atoms with Crippen molar-refractivity contribution in [1.29, 1.82) is 0 Å². The van der Waals surface area contributed by atoms with Gasteiger partial charge in [-0.25, -0.2) is 0 Å². The fourth-order valence-electron chi connectivity index (χ4n) is 3.17. The first-order chi connectivity index (χ1) is 8.81. The molecule has 2 heterocycles. The van der Waals surface area contributed by atoms with Crippen molar-refractivity contribution in [2.45, 2.75) is 37.6 Å². The maximum absolute atomic E-state index is 12.6. The molecule has 2 atom stereocenters. The number of likely N-dealkylation sites (tertiary alicyclic amines) is 1. The summed E-state index contributed by atoms with van der Waals surface area (Å²) >= 11 is 0. The zero-order valence-electron chi connectivity index (χ0n) is 10.4. The minimum atomic E-state index is -0.0895. The van der Waals surface area contributed by atoms with Crippen LogP contribution in [0.2, 0.25) is 0 Å². The molecule has 0 bridgehead atoms. The van der Waals surface area contributed by atoms with Gasteiger partial charge in [-0.3, -0.25) is 9.78 Å². The van der Waals surface area contributed by atoms with Crippen LogP contribution in [0.1, 0.15) is 36.4 Å². The third-order valence-electron chi connectivity index (χ3n) is 4.13. The molecule has 18 heavy (non-hydrogen) atoms. The van der Waals surface area contributed by atoms with Crippen molar-refractivity contribution < 1.29 is 9.90 Å². The van der Waals surface area contributed by atoms with E-state index in [4.69, 9.17) is 0 Å². The monoisotopic (exact) mass is 246 g/mol. The van der Waals surface area contributed by atoms with E-state index in [0.717, 1.165) is 37.9 Å². The first-order valence-electron chi connectivity index (χ1n) is 6.66. The fraction of sp³-hybridized carbons (Fsp3) is 0.571. The Morgan fingerprint density at radius 3 is 3.22 bits per heavy atom. The molecule has 3 rings (SSSR count). The maximum atomic E-state index is 12.6. The zero-order valence-corrected chi connectivity index (χ0v) is 10.4. The van der Waals surface area contributed by atoms with Crippen LogP contribution in [0.4, 0.5) is 0 Å². The molecule has 0 spiro atoms. The lowest BCUT2D eigenvalue weighted by molar-refractivity contribution is -0.134. The molecule has 1 aliphatic carbocycles. The van der Waals surface area contributed by atoms with Gasteiger partial charge in [0.2, 0.25) is 5.91 Å². The molecule has 1 N–H and O–H groups in total. The van der Waals surface area contributed by atoms with E-state index in [1.807, 2.05) is 11.0 Å². The van der Waals surface area contributed by atoms with Gasteiger partial charge in [0.15, 0.2) is 0 Å². The summed E-state index contributed by atoms with van der Waals surface area (Å²) in [6.07, 6.45) is 5.48. The second kappa shape index (κ2) is 4.69. The number of amides is 1. The first-order valence-corrected chi connectivity index (χ1v) is 6.66. The van der Waals surface area contributed by atoms with Crippen LogP contribution in [0.15, 0.2) is 18.3 Å². The molecule has 1 saturated heterocycles. The average molecular weight is 246 g/mol. The molecule has 0 saturated carbocycles. The number of aliphatic hydroxyl groups excluding tert-OH is 1. The smallest absolute Gasteiger partial charge is 0.232 e. The number of hydrogen-bond acceptors (Lipinski definition) is 3. The molecule has 0 aromatic carbocycles. The predicted molar refractivity (Wildman–Crippen MR) is 67.1 cm³/mol.